The molecule has 0 bridgehead atoms. The lowest BCUT2D eigenvalue weighted by Crippen LogP contribution is -2.17. The van der Waals surface area contributed by atoms with E-state index in [2.05, 4.69) is 10.5 Å². The predicted molar refractivity (Wildman–Crippen MR) is 78.1 cm³/mol. The van der Waals surface area contributed by atoms with Crippen LogP contribution in [0, 0.1) is 6.92 Å². The number of rotatable bonds is 5. The Hall–Kier alpha value is -2.76. The first-order valence-electron chi connectivity index (χ1n) is 6.26. The van der Waals surface area contributed by atoms with E-state index in [4.69, 9.17) is 13.9 Å². The van der Waals surface area contributed by atoms with Gasteiger partial charge in [-0.2, -0.15) is 5.10 Å². The van der Waals surface area contributed by atoms with E-state index in [9.17, 15) is 4.79 Å². The van der Waals surface area contributed by atoms with Crippen molar-refractivity contribution in [3.63, 3.8) is 0 Å². The lowest BCUT2D eigenvalue weighted by molar-refractivity contribution is 0.0954. The first-order chi connectivity index (χ1) is 10.1. The summed E-state index contributed by atoms with van der Waals surface area (Å²) in [7, 11) is 3.05. The molecular formula is C15H16N2O4. The summed E-state index contributed by atoms with van der Waals surface area (Å²) in [5, 5.41) is 3.84. The molecule has 1 amide bonds. The van der Waals surface area contributed by atoms with Crippen LogP contribution in [-0.2, 0) is 0 Å². The van der Waals surface area contributed by atoms with Gasteiger partial charge in [-0.1, -0.05) is 0 Å². The molecule has 0 unspecified atom stereocenters. The van der Waals surface area contributed by atoms with E-state index in [1.165, 1.54) is 20.4 Å². The average molecular weight is 288 g/mol. The minimum absolute atomic E-state index is 0.351. The normalized spacial score (nSPS) is 10.6. The van der Waals surface area contributed by atoms with Crippen LogP contribution in [0.1, 0.15) is 21.9 Å². The van der Waals surface area contributed by atoms with Gasteiger partial charge in [-0.3, -0.25) is 4.79 Å². The zero-order chi connectivity index (χ0) is 15.2. The fourth-order valence-electron chi connectivity index (χ4n) is 1.72. The number of ether oxygens (including phenoxy) is 2. The number of methoxy groups -OCH3 is 2. The standard InChI is InChI=1S/C15H16N2O4/c1-10-4-6-12(21-10)9-16-17-15(18)11-5-7-13(19-2)14(8-11)20-3/h4-9H,1-3H3,(H,17,18)/b16-9+. The fraction of sp³-hybridized carbons (Fsp3) is 0.200. The Morgan fingerprint density at radius 3 is 2.57 bits per heavy atom. The second-order valence-electron chi connectivity index (χ2n) is 4.22. The number of hydrazone groups is 1. The molecule has 6 heteroatoms. The summed E-state index contributed by atoms with van der Waals surface area (Å²) < 4.78 is 15.6. The maximum absolute atomic E-state index is 12.0. The molecule has 1 aromatic carbocycles. The monoisotopic (exact) mass is 288 g/mol. The van der Waals surface area contributed by atoms with Gasteiger partial charge < -0.3 is 13.9 Å². The van der Waals surface area contributed by atoms with Crippen LogP contribution in [0.4, 0.5) is 0 Å². The van der Waals surface area contributed by atoms with Crippen molar-refractivity contribution in [2.24, 2.45) is 5.10 Å². The molecule has 1 N–H and O–H groups in total. The van der Waals surface area contributed by atoms with Crippen LogP contribution in [0.5, 0.6) is 11.5 Å². The Balaban J connectivity index is 2.05. The number of hydrogen-bond donors (Lipinski definition) is 1. The molecule has 0 aliphatic heterocycles. The third-order valence-electron chi connectivity index (χ3n) is 2.76. The highest BCUT2D eigenvalue weighted by Gasteiger charge is 2.09. The molecule has 2 rings (SSSR count). The minimum atomic E-state index is -0.351. The SMILES string of the molecule is COc1ccc(C(=O)N/N=C/c2ccc(C)o2)cc1OC. The summed E-state index contributed by atoms with van der Waals surface area (Å²) in [6.07, 6.45) is 1.44. The first-order valence-corrected chi connectivity index (χ1v) is 6.26. The summed E-state index contributed by atoms with van der Waals surface area (Å²) in [6.45, 7) is 1.83. The maximum Gasteiger partial charge on any atom is 0.271 e. The number of carbonyl (C=O) groups excluding carboxylic acids is 1. The van der Waals surface area contributed by atoms with E-state index in [0.29, 0.717) is 22.8 Å². The summed E-state index contributed by atoms with van der Waals surface area (Å²) in [5.74, 6) is 2.04. The molecular weight excluding hydrogens is 272 g/mol. The van der Waals surface area contributed by atoms with Crippen LogP contribution < -0.4 is 14.9 Å². The van der Waals surface area contributed by atoms with E-state index in [1.54, 1.807) is 24.3 Å². The first kappa shape index (κ1) is 14.6. The number of nitrogens with zero attached hydrogens (tertiary/aromatic N) is 1. The quantitative estimate of drug-likeness (QED) is 0.677. The van der Waals surface area contributed by atoms with Crippen LogP contribution in [0.25, 0.3) is 0 Å². The average Bonchev–Trinajstić information content (AvgIpc) is 2.91. The van der Waals surface area contributed by atoms with Gasteiger partial charge in [-0.25, -0.2) is 5.43 Å². The second kappa shape index (κ2) is 6.60. The number of aryl methyl sites for hydroxylation is 1. The third-order valence-corrected chi connectivity index (χ3v) is 2.76. The van der Waals surface area contributed by atoms with Crippen molar-refractivity contribution in [3.8, 4) is 11.5 Å². The molecule has 0 radical (unpaired) electrons. The van der Waals surface area contributed by atoms with Crippen molar-refractivity contribution in [1.29, 1.82) is 0 Å². The van der Waals surface area contributed by atoms with E-state index in [-0.39, 0.29) is 5.91 Å². The summed E-state index contributed by atoms with van der Waals surface area (Å²) in [6, 6.07) is 8.45. The van der Waals surface area contributed by atoms with Crippen LogP contribution in [-0.4, -0.2) is 26.3 Å². The second-order valence-corrected chi connectivity index (χ2v) is 4.22. The fourth-order valence-corrected chi connectivity index (χ4v) is 1.72. The van der Waals surface area contributed by atoms with Gasteiger partial charge in [0.1, 0.15) is 11.5 Å². The van der Waals surface area contributed by atoms with Gasteiger partial charge in [0.2, 0.25) is 0 Å². The van der Waals surface area contributed by atoms with E-state index >= 15 is 0 Å². The van der Waals surface area contributed by atoms with Crippen LogP contribution in [0.15, 0.2) is 39.9 Å². The Labute approximate surface area is 122 Å². The van der Waals surface area contributed by atoms with Gasteiger partial charge in [-0.05, 0) is 37.3 Å². The van der Waals surface area contributed by atoms with Gasteiger partial charge in [0.25, 0.3) is 5.91 Å². The zero-order valence-corrected chi connectivity index (χ0v) is 12.0. The lowest BCUT2D eigenvalue weighted by atomic mass is 10.2. The Bertz CT molecular complexity index is 661. The van der Waals surface area contributed by atoms with Gasteiger partial charge in [0.05, 0.1) is 20.4 Å². The Morgan fingerprint density at radius 2 is 1.95 bits per heavy atom. The summed E-state index contributed by atoms with van der Waals surface area (Å²) in [4.78, 5) is 12.0. The third kappa shape index (κ3) is 3.62. The lowest BCUT2D eigenvalue weighted by Gasteiger charge is -2.08. The maximum atomic E-state index is 12.0. The number of benzene rings is 1. The van der Waals surface area contributed by atoms with Crippen LogP contribution in [0.3, 0.4) is 0 Å². The molecule has 0 aliphatic rings. The largest absolute Gasteiger partial charge is 0.493 e. The zero-order valence-electron chi connectivity index (χ0n) is 12.0. The molecule has 1 aromatic heterocycles. The number of carbonyl (C=O) groups is 1. The molecule has 110 valence electrons. The molecule has 1 heterocycles. The predicted octanol–water partition coefficient (Wildman–Crippen LogP) is 2.37. The number of furan rings is 1. The molecule has 0 spiro atoms. The molecule has 0 saturated heterocycles. The molecule has 6 nitrogen and oxygen atoms in total. The van der Waals surface area contributed by atoms with E-state index in [0.717, 1.165) is 5.76 Å². The van der Waals surface area contributed by atoms with Crippen LogP contribution in [0.2, 0.25) is 0 Å². The van der Waals surface area contributed by atoms with Crippen molar-refractivity contribution in [3.05, 3.63) is 47.4 Å². The van der Waals surface area contributed by atoms with Crippen LogP contribution >= 0.6 is 0 Å². The number of hydrogen-bond acceptors (Lipinski definition) is 5. The van der Waals surface area contributed by atoms with Crippen molar-refractivity contribution >= 4 is 12.1 Å². The topological polar surface area (TPSA) is 73.1 Å². The van der Waals surface area contributed by atoms with Gasteiger partial charge in [0.15, 0.2) is 11.5 Å². The Kier molecular flexibility index (Phi) is 4.61. The smallest absolute Gasteiger partial charge is 0.271 e. The minimum Gasteiger partial charge on any atom is -0.493 e. The molecule has 2 aromatic rings. The number of nitrogens with one attached hydrogen (secondary N) is 1. The van der Waals surface area contributed by atoms with Gasteiger partial charge in [0, 0.05) is 5.56 Å². The summed E-state index contributed by atoms with van der Waals surface area (Å²) in [5.41, 5.74) is 2.84. The highest BCUT2D eigenvalue weighted by Crippen LogP contribution is 2.27. The molecule has 0 aliphatic carbocycles. The van der Waals surface area contributed by atoms with Crippen molar-refractivity contribution < 1.29 is 18.7 Å². The van der Waals surface area contributed by atoms with Gasteiger partial charge >= 0.3 is 0 Å². The highest BCUT2D eigenvalue weighted by atomic mass is 16.5. The van der Waals surface area contributed by atoms with Crippen molar-refractivity contribution in [2.45, 2.75) is 6.92 Å². The molecule has 0 saturated carbocycles. The summed E-state index contributed by atoms with van der Waals surface area (Å²) >= 11 is 0. The Morgan fingerprint density at radius 1 is 1.19 bits per heavy atom. The molecule has 0 atom stereocenters. The number of amides is 1. The van der Waals surface area contributed by atoms with E-state index < -0.39 is 0 Å². The van der Waals surface area contributed by atoms with Crippen molar-refractivity contribution in [1.82, 2.24) is 5.43 Å². The van der Waals surface area contributed by atoms with Gasteiger partial charge in [-0.15, -0.1) is 0 Å². The van der Waals surface area contributed by atoms with E-state index in [1.807, 2.05) is 13.0 Å². The van der Waals surface area contributed by atoms with Crippen molar-refractivity contribution in [2.75, 3.05) is 14.2 Å². The highest BCUT2D eigenvalue weighted by molar-refractivity contribution is 5.95. The molecule has 0 fully saturated rings. The molecule has 21 heavy (non-hydrogen) atoms.